The summed E-state index contributed by atoms with van der Waals surface area (Å²) in [4.78, 5) is 14.6. The summed E-state index contributed by atoms with van der Waals surface area (Å²) in [5, 5.41) is 5.13. The Morgan fingerprint density at radius 1 is 1.31 bits per heavy atom. The van der Waals surface area contributed by atoms with Crippen LogP contribution in [0.4, 0.5) is 11.5 Å². The van der Waals surface area contributed by atoms with Crippen molar-refractivity contribution in [3.8, 4) is 0 Å². The molecule has 1 aliphatic rings. The molecule has 4 rings (SSSR count). The number of rotatable bonds is 4. The highest BCUT2D eigenvalue weighted by Crippen LogP contribution is 2.28. The number of piperidine rings is 1. The highest BCUT2D eigenvalue weighted by Gasteiger charge is 2.24. The van der Waals surface area contributed by atoms with Crippen LogP contribution in [0.5, 0.6) is 0 Å². The Balaban J connectivity index is 1.61. The van der Waals surface area contributed by atoms with Crippen molar-refractivity contribution < 1.29 is 0 Å². The number of fused-ring (bicyclic) bond motifs is 1. The van der Waals surface area contributed by atoms with E-state index in [-0.39, 0.29) is 0 Å². The molecule has 3 heterocycles. The fraction of sp³-hybridized carbons (Fsp3) is 0.368. The molecule has 0 bridgehead atoms. The van der Waals surface area contributed by atoms with E-state index >= 15 is 0 Å². The van der Waals surface area contributed by atoms with Gasteiger partial charge in [-0.2, -0.15) is 0 Å². The van der Waals surface area contributed by atoms with E-state index in [2.05, 4.69) is 32.1 Å². The van der Waals surface area contributed by atoms with Crippen LogP contribution in [0, 0.1) is 5.92 Å². The van der Waals surface area contributed by atoms with Gasteiger partial charge < -0.3 is 16.0 Å². The number of nitrogens with zero attached hydrogens (tertiary/aromatic N) is 3. The first-order valence-electron chi connectivity index (χ1n) is 8.91. The summed E-state index contributed by atoms with van der Waals surface area (Å²) >= 11 is 5.98. The second-order valence-electron chi connectivity index (χ2n) is 7.06. The molecule has 0 amide bonds. The highest BCUT2D eigenvalue weighted by molar-refractivity contribution is 6.30. The van der Waals surface area contributed by atoms with Crippen LogP contribution in [0.2, 0.25) is 5.02 Å². The molecule has 0 radical (unpaired) electrons. The lowest BCUT2D eigenvalue weighted by atomic mass is 9.94. The number of hydrogen-bond acceptors (Lipinski definition) is 5. The minimum absolute atomic E-state index is 0.305. The predicted octanol–water partition coefficient (Wildman–Crippen LogP) is 3.52. The van der Waals surface area contributed by atoms with Gasteiger partial charge >= 0.3 is 0 Å². The Morgan fingerprint density at radius 2 is 2.12 bits per heavy atom. The number of aromatic amines is 1. The number of hydrogen-bond donors (Lipinski definition) is 3. The van der Waals surface area contributed by atoms with Gasteiger partial charge in [0.25, 0.3) is 0 Å². The molecular formula is C19H23ClN6. The van der Waals surface area contributed by atoms with Crippen LogP contribution in [-0.4, -0.2) is 39.0 Å². The molecular weight excluding hydrogens is 348 g/mol. The molecule has 1 saturated heterocycles. The molecule has 1 aliphatic heterocycles. The second-order valence-corrected chi connectivity index (χ2v) is 7.49. The zero-order valence-electron chi connectivity index (χ0n) is 14.7. The van der Waals surface area contributed by atoms with E-state index in [1.54, 1.807) is 6.33 Å². The third-order valence-electron chi connectivity index (χ3n) is 5.11. The summed E-state index contributed by atoms with van der Waals surface area (Å²) in [5.41, 5.74) is 9.13. The van der Waals surface area contributed by atoms with Gasteiger partial charge in [-0.05, 0) is 48.7 Å². The lowest BCUT2D eigenvalue weighted by Crippen LogP contribution is -2.45. The molecule has 2 aromatic heterocycles. The fourth-order valence-electron chi connectivity index (χ4n) is 3.55. The number of halogens is 1. The molecule has 2 unspecified atom stereocenters. The van der Waals surface area contributed by atoms with Gasteiger partial charge in [0.05, 0.1) is 5.39 Å². The SMILES string of the molecule is CC1CN(Cc2c[nH]c3ncnc(Nc4ccc(Cl)cc4)c23)CCC1N. The van der Waals surface area contributed by atoms with Crippen molar-refractivity contribution >= 4 is 34.1 Å². The summed E-state index contributed by atoms with van der Waals surface area (Å²) in [6.45, 7) is 5.12. The van der Waals surface area contributed by atoms with Gasteiger partial charge in [0, 0.05) is 36.0 Å². The van der Waals surface area contributed by atoms with Crippen LogP contribution in [-0.2, 0) is 6.54 Å². The number of aromatic nitrogens is 3. The van der Waals surface area contributed by atoms with Crippen molar-refractivity contribution in [1.82, 2.24) is 19.9 Å². The molecule has 26 heavy (non-hydrogen) atoms. The number of H-pyrrole nitrogens is 1. The Morgan fingerprint density at radius 3 is 2.88 bits per heavy atom. The Labute approximate surface area is 157 Å². The normalized spacial score (nSPS) is 21.2. The fourth-order valence-corrected chi connectivity index (χ4v) is 3.68. The third kappa shape index (κ3) is 3.53. The lowest BCUT2D eigenvalue weighted by Gasteiger charge is -2.34. The van der Waals surface area contributed by atoms with E-state index in [9.17, 15) is 0 Å². The lowest BCUT2D eigenvalue weighted by molar-refractivity contribution is 0.158. The summed E-state index contributed by atoms with van der Waals surface area (Å²) < 4.78 is 0. The maximum absolute atomic E-state index is 6.15. The van der Waals surface area contributed by atoms with Gasteiger partial charge in [0.15, 0.2) is 0 Å². The second kappa shape index (κ2) is 7.23. The molecule has 1 fully saturated rings. The maximum Gasteiger partial charge on any atom is 0.143 e. The van der Waals surface area contributed by atoms with Gasteiger partial charge in [-0.3, -0.25) is 4.90 Å². The molecule has 1 aromatic carbocycles. The van der Waals surface area contributed by atoms with Gasteiger partial charge in [0.2, 0.25) is 0 Å². The van der Waals surface area contributed by atoms with E-state index in [4.69, 9.17) is 17.3 Å². The summed E-state index contributed by atoms with van der Waals surface area (Å²) in [6, 6.07) is 7.91. The van der Waals surface area contributed by atoms with Crippen LogP contribution in [0.25, 0.3) is 11.0 Å². The first-order valence-corrected chi connectivity index (χ1v) is 9.29. The molecule has 136 valence electrons. The number of likely N-dealkylation sites (tertiary alicyclic amines) is 1. The van der Waals surface area contributed by atoms with Crippen molar-refractivity contribution in [2.45, 2.75) is 25.9 Å². The summed E-state index contributed by atoms with van der Waals surface area (Å²) in [5.74, 6) is 1.31. The van der Waals surface area contributed by atoms with E-state index in [0.717, 1.165) is 48.6 Å². The predicted molar refractivity (Wildman–Crippen MR) is 106 cm³/mol. The van der Waals surface area contributed by atoms with Crippen LogP contribution >= 0.6 is 11.6 Å². The Bertz CT molecular complexity index is 891. The monoisotopic (exact) mass is 370 g/mol. The Hall–Kier alpha value is -2.15. The van der Waals surface area contributed by atoms with E-state index in [0.29, 0.717) is 17.0 Å². The summed E-state index contributed by atoms with van der Waals surface area (Å²) in [6.07, 6.45) is 4.64. The van der Waals surface area contributed by atoms with E-state index in [1.807, 2.05) is 30.5 Å². The van der Waals surface area contributed by atoms with Crippen molar-refractivity contribution in [1.29, 1.82) is 0 Å². The molecule has 7 heteroatoms. The van der Waals surface area contributed by atoms with Gasteiger partial charge in [0.1, 0.15) is 17.8 Å². The number of nitrogens with two attached hydrogens (primary N) is 1. The Kier molecular flexibility index (Phi) is 4.80. The zero-order chi connectivity index (χ0) is 18.1. The largest absolute Gasteiger partial charge is 0.346 e. The first kappa shape index (κ1) is 17.3. The molecule has 0 saturated carbocycles. The molecule has 0 spiro atoms. The van der Waals surface area contributed by atoms with Gasteiger partial charge in [-0.15, -0.1) is 0 Å². The van der Waals surface area contributed by atoms with E-state index < -0.39 is 0 Å². The van der Waals surface area contributed by atoms with Crippen LogP contribution < -0.4 is 11.1 Å². The molecule has 6 nitrogen and oxygen atoms in total. The minimum Gasteiger partial charge on any atom is -0.346 e. The van der Waals surface area contributed by atoms with Crippen LogP contribution in [0.15, 0.2) is 36.8 Å². The quantitative estimate of drug-likeness (QED) is 0.654. The first-order chi connectivity index (χ1) is 12.6. The van der Waals surface area contributed by atoms with E-state index in [1.165, 1.54) is 5.56 Å². The topological polar surface area (TPSA) is 82.9 Å². The van der Waals surface area contributed by atoms with Crippen LogP contribution in [0.1, 0.15) is 18.9 Å². The van der Waals surface area contributed by atoms with Crippen molar-refractivity contribution in [2.24, 2.45) is 11.7 Å². The third-order valence-corrected chi connectivity index (χ3v) is 5.36. The minimum atomic E-state index is 0.305. The molecule has 2 atom stereocenters. The number of nitrogens with one attached hydrogen (secondary N) is 2. The van der Waals surface area contributed by atoms with Crippen molar-refractivity contribution in [2.75, 3.05) is 18.4 Å². The summed E-state index contributed by atoms with van der Waals surface area (Å²) in [7, 11) is 0. The standard InChI is InChI=1S/C19H23ClN6/c1-12-9-26(7-6-16(12)21)10-13-8-22-18-17(13)19(24-11-23-18)25-15-4-2-14(20)3-5-15/h2-5,8,11-12,16H,6-7,9-10,21H2,1H3,(H2,22,23,24,25). The number of anilines is 2. The van der Waals surface area contributed by atoms with Gasteiger partial charge in [-0.25, -0.2) is 9.97 Å². The smallest absolute Gasteiger partial charge is 0.143 e. The van der Waals surface area contributed by atoms with Crippen LogP contribution in [0.3, 0.4) is 0 Å². The maximum atomic E-state index is 6.15. The average molecular weight is 371 g/mol. The van der Waals surface area contributed by atoms with Gasteiger partial charge in [-0.1, -0.05) is 18.5 Å². The average Bonchev–Trinajstić information content (AvgIpc) is 3.04. The molecule has 3 aromatic rings. The van der Waals surface area contributed by atoms with Crippen molar-refractivity contribution in [3.05, 3.63) is 47.4 Å². The molecule has 4 N–H and O–H groups in total. The molecule has 0 aliphatic carbocycles. The zero-order valence-corrected chi connectivity index (χ0v) is 15.5. The van der Waals surface area contributed by atoms with Crippen molar-refractivity contribution in [3.63, 3.8) is 0 Å². The number of benzene rings is 1. The highest BCUT2D eigenvalue weighted by atomic mass is 35.5.